The van der Waals surface area contributed by atoms with E-state index in [0.29, 0.717) is 24.9 Å². The number of thiophene rings is 2. The molecule has 6 nitrogen and oxygen atoms in total. The summed E-state index contributed by atoms with van der Waals surface area (Å²) in [5.74, 6) is 1.33. The van der Waals surface area contributed by atoms with Crippen LogP contribution in [-0.2, 0) is 38.8 Å². The van der Waals surface area contributed by atoms with Crippen molar-refractivity contribution in [2.24, 2.45) is 11.8 Å². The average Bonchev–Trinajstić information content (AvgIpc) is 3.32. The first kappa shape index (κ1) is 20.3. The lowest BCUT2D eigenvalue weighted by Crippen LogP contribution is -2.28. The normalized spacial score (nSPS) is 20.6. The zero-order valence-electron chi connectivity index (χ0n) is 18.4. The maximum atomic E-state index is 13.3. The van der Waals surface area contributed by atoms with E-state index in [2.05, 4.69) is 23.8 Å². The summed E-state index contributed by atoms with van der Waals surface area (Å²) in [6.07, 6.45) is 9.53. The molecule has 8 heteroatoms. The van der Waals surface area contributed by atoms with Crippen LogP contribution in [0.15, 0.2) is 22.2 Å². The summed E-state index contributed by atoms with van der Waals surface area (Å²) in [6, 6.07) is 0. The number of aryl methyl sites for hydroxylation is 4. The monoisotopic (exact) mass is 466 g/mol. The van der Waals surface area contributed by atoms with E-state index in [1.807, 2.05) is 0 Å². The zero-order valence-corrected chi connectivity index (χ0v) is 20.0. The van der Waals surface area contributed by atoms with Gasteiger partial charge in [0.15, 0.2) is 0 Å². The molecule has 6 rings (SSSR count). The molecule has 2 aliphatic rings. The van der Waals surface area contributed by atoms with Gasteiger partial charge in [0, 0.05) is 22.8 Å². The van der Waals surface area contributed by atoms with Gasteiger partial charge >= 0.3 is 0 Å². The molecular formula is C24H26N4O2S2. The Balaban J connectivity index is 1.33. The predicted octanol–water partition coefficient (Wildman–Crippen LogP) is 4.18. The topological polar surface area (TPSA) is 69.8 Å². The van der Waals surface area contributed by atoms with Crippen LogP contribution in [0.5, 0.6) is 0 Å². The molecule has 0 fully saturated rings. The largest absolute Gasteiger partial charge is 0.297 e. The van der Waals surface area contributed by atoms with Gasteiger partial charge in [0.2, 0.25) is 0 Å². The van der Waals surface area contributed by atoms with Gasteiger partial charge in [-0.1, -0.05) is 13.8 Å². The first-order valence-electron chi connectivity index (χ1n) is 11.5. The van der Waals surface area contributed by atoms with Crippen molar-refractivity contribution in [1.82, 2.24) is 19.1 Å². The van der Waals surface area contributed by atoms with Crippen LogP contribution in [0.25, 0.3) is 20.4 Å². The number of nitrogens with zero attached hydrogens (tertiary/aromatic N) is 4. The average molecular weight is 467 g/mol. The molecule has 0 bridgehead atoms. The SMILES string of the molecule is CC1CCc2c(sc3ncn(CCn4cnc5sc6c(c5c4=O)CCC(C)C6)c(=O)c23)C1. The summed E-state index contributed by atoms with van der Waals surface area (Å²) in [5.41, 5.74) is 2.45. The number of fused-ring (bicyclic) bond motifs is 6. The Morgan fingerprint density at radius 3 is 1.69 bits per heavy atom. The first-order chi connectivity index (χ1) is 15.5. The standard InChI is InChI=1S/C24H26N4O2S2/c1-13-3-5-15-17(9-13)31-21-19(15)23(29)27(11-25-21)7-8-28-12-26-22-20(24(28)30)16-6-4-14(2)10-18(16)32-22/h11-14H,3-10H2,1-2H3. The number of rotatable bonds is 3. The summed E-state index contributed by atoms with van der Waals surface area (Å²) in [6.45, 7) is 5.37. The van der Waals surface area contributed by atoms with Crippen LogP contribution in [0, 0.1) is 11.8 Å². The van der Waals surface area contributed by atoms with E-state index in [1.165, 1.54) is 20.9 Å². The molecule has 0 saturated carbocycles. The smallest absolute Gasteiger partial charge is 0.262 e. The lowest BCUT2D eigenvalue weighted by molar-refractivity contribution is 0.508. The van der Waals surface area contributed by atoms with Crippen molar-refractivity contribution in [1.29, 1.82) is 0 Å². The molecule has 0 spiro atoms. The van der Waals surface area contributed by atoms with Gasteiger partial charge in [-0.15, -0.1) is 22.7 Å². The van der Waals surface area contributed by atoms with Gasteiger partial charge in [0.1, 0.15) is 9.66 Å². The second-order valence-electron chi connectivity index (χ2n) is 9.55. The molecule has 2 aliphatic carbocycles. The summed E-state index contributed by atoms with van der Waals surface area (Å²) in [4.78, 5) is 40.1. The van der Waals surface area contributed by atoms with Crippen LogP contribution in [0.2, 0.25) is 0 Å². The molecule has 0 N–H and O–H groups in total. The molecule has 166 valence electrons. The Morgan fingerprint density at radius 2 is 1.25 bits per heavy atom. The third-order valence-electron chi connectivity index (χ3n) is 7.15. The van der Waals surface area contributed by atoms with Gasteiger partial charge in [0.05, 0.1) is 23.4 Å². The van der Waals surface area contributed by atoms with Gasteiger partial charge in [0.25, 0.3) is 11.1 Å². The quantitative estimate of drug-likeness (QED) is 0.454. The summed E-state index contributed by atoms with van der Waals surface area (Å²) in [5, 5.41) is 1.59. The first-order valence-corrected chi connectivity index (χ1v) is 13.1. The molecule has 2 atom stereocenters. The molecular weight excluding hydrogens is 440 g/mol. The van der Waals surface area contributed by atoms with Crippen LogP contribution in [0.4, 0.5) is 0 Å². The molecule has 32 heavy (non-hydrogen) atoms. The third-order valence-corrected chi connectivity index (χ3v) is 9.47. The molecule has 0 aromatic carbocycles. The van der Waals surface area contributed by atoms with Crippen molar-refractivity contribution in [3.8, 4) is 0 Å². The van der Waals surface area contributed by atoms with Crippen molar-refractivity contribution < 1.29 is 0 Å². The minimum Gasteiger partial charge on any atom is -0.297 e. The van der Waals surface area contributed by atoms with Gasteiger partial charge in [-0.05, 0) is 61.5 Å². The van der Waals surface area contributed by atoms with Gasteiger partial charge < -0.3 is 0 Å². The summed E-state index contributed by atoms with van der Waals surface area (Å²) in [7, 11) is 0. The highest BCUT2D eigenvalue weighted by Gasteiger charge is 2.24. The molecule has 2 unspecified atom stereocenters. The van der Waals surface area contributed by atoms with Crippen molar-refractivity contribution in [2.45, 2.75) is 65.5 Å². The fourth-order valence-corrected chi connectivity index (χ4v) is 7.95. The van der Waals surface area contributed by atoms with Gasteiger partial charge in [-0.2, -0.15) is 0 Å². The van der Waals surface area contributed by atoms with Crippen molar-refractivity contribution >= 4 is 43.1 Å². The molecule has 0 saturated heterocycles. The Bertz CT molecular complexity index is 1360. The van der Waals surface area contributed by atoms with Crippen LogP contribution >= 0.6 is 22.7 Å². The minimum atomic E-state index is 0.0195. The minimum absolute atomic E-state index is 0.0195. The third kappa shape index (κ3) is 3.18. The number of hydrogen-bond donors (Lipinski definition) is 0. The van der Waals surface area contributed by atoms with E-state index in [-0.39, 0.29) is 11.1 Å². The van der Waals surface area contributed by atoms with E-state index in [1.54, 1.807) is 44.5 Å². The number of aromatic nitrogens is 4. The molecule has 0 radical (unpaired) electrons. The fraction of sp³-hybridized carbons (Fsp3) is 0.500. The Hall–Kier alpha value is -2.32. The van der Waals surface area contributed by atoms with Crippen LogP contribution in [0.1, 0.15) is 47.6 Å². The van der Waals surface area contributed by atoms with E-state index in [9.17, 15) is 9.59 Å². The Labute approximate surface area is 193 Å². The molecule has 4 aromatic heterocycles. The van der Waals surface area contributed by atoms with Crippen molar-refractivity contribution in [3.63, 3.8) is 0 Å². The highest BCUT2D eigenvalue weighted by molar-refractivity contribution is 7.19. The van der Waals surface area contributed by atoms with Crippen molar-refractivity contribution in [3.05, 3.63) is 54.2 Å². The highest BCUT2D eigenvalue weighted by Crippen LogP contribution is 2.36. The predicted molar refractivity (Wildman–Crippen MR) is 130 cm³/mol. The van der Waals surface area contributed by atoms with Crippen LogP contribution < -0.4 is 11.1 Å². The summed E-state index contributed by atoms with van der Waals surface area (Å²) >= 11 is 3.34. The summed E-state index contributed by atoms with van der Waals surface area (Å²) < 4.78 is 3.32. The van der Waals surface area contributed by atoms with Gasteiger partial charge in [-0.25, -0.2) is 9.97 Å². The van der Waals surface area contributed by atoms with E-state index >= 15 is 0 Å². The van der Waals surface area contributed by atoms with E-state index in [4.69, 9.17) is 0 Å². The molecule has 4 aromatic rings. The van der Waals surface area contributed by atoms with Gasteiger partial charge in [-0.3, -0.25) is 18.7 Å². The highest BCUT2D eigenvalue weighted by atomic mass is 32.1. The molecule has 0 aliphatic heterocycles. The molecule has 0 amide bonds. The van der Waals surface area contributed by atoms with Crippen LogP contribution in [0.3, 0.4) is 0 Å². The second-order valence-corrected chi connectivity index (χ2v) is 11.7. The lowest BCUT2D eigenvalue weighted by atomic mass is 9.89. The molecule has 4 heterocycles. The lowest BCUT2D eigenvalue weighted by Gasteiger charge is -2.17. The van der Waals surface area contributed by atoms with E-state index in [0.717, 1.165) is 59.0 Å². The Kier molecular flexibility index (Phi) is 4.84. The fourth-order valence-electron chi connectivity index (χ4n) is 5.27. The van der Waals surface area contributed by atoms with Crippen molar-refractivity contribution in [2.75, 3.05) is 0 Å². The second kappa shape index (κ2) is 7.63. The Morgan fingerprint density at radius 1 is 0.812 bits per heavy atom. The zero-order chi connectivity index (χ0) is 22.0. The number of hydrogen-bond acceptors (Lipinski definition) is 6. The maximum absolute atomic E-state index is 13.3. The van der Waals surface area contributed by atoms with Crippen LogP contribution in [-0.4, -0.2) is 19.1 Å². The van der Waals surface area contributed by atoms with E-state index < -0.39 is 0 Å². The maximum Gasteiger partial charge on any atom is 0.262 e.